The Morgan fingerprint density at radius 3 is 2.53 bits per heavy atom. The number of hydrogen-bond acceptors (Lipinski definition) is 1. The number of rotatable bonds is 3. The van der Waals surface area contributed by atoms with Gasteiger partial charge in [0.15, 0.2) is 5.78 Å². The van der Waals surface area contributed by atoms with Gasteiger partial charge in [0, 0.05) is 11.1 Å². The van der Waals surface area contributed by atoms with Gasteiger partial charge >= 0.3 is 6.18 Å². The van der Waals surface area contributed by atoms with Gasteiger partial charge in [0.2, 0.25) is 0 Å². The molecule has 0 aliphatic rings. The molecule has 1 nitrogen and oxygen atoms in total. The summed E-state index contributed by atoms with van der Waals surface area (Å²) in [6.07, 6.45) is -5.68. The van der Waals surface area contributed by atoms with Crippen LogP contribution in [0.5, 0.6) is 0 Å². The topological polar surface area (TPSA) is 17.1 Å². The van der Waals surface area contributed by atoms with E-state index >= 15 is 0 Å². The third kappa shape index (κ3) is 3.58. The van der Waals surface area contributed by atoms with Crippen LogP contribution in [0.15, 0.2) is 36.4 Å². The van der Waals surface area contributed by atoms with E-state index in [4.69, 9.17) is 0 Å². The maximum absolute atomic E-state index is 12.0. The first-order valence-electron chi connectivity index (χ1n) is 4.16. The molecule has 0 amide bonds. The fourth-order valence-electron chi connectivity index (χ4n) is 1.05. The highest BCUT2D eigenvalue weighted by Gasteiger charge is 2.30. The third-order valence-corrected chi connectivity index (χ3v) is 1.69. The number of allylic oxidation sites excluding steroid dienone is 1. The molecule has 0 saturated carbocycles. The summed E-state index contributed by atoms with van der Waals surface area (Å²) < 4.78 is 35.9. The Morgan fingerprint density at radius 1 is 1.40 bits per heavy atom. The number of Topliss-reactive ketones (excluding diaryl/α,β-unsaturated/α-hetero) is 1. The minimum atomic E-state index is -4.40. The van der Waals surface area contributed by atoms with Gasteiger partial charge < -0.3 is 0 Å². The molecule has 0 bridgehead atoms. The van der Waals surface area contributed by atoms with Crippen molar-refractivity contribution in [3.05, 3.63) is 48.0 Å². The zero-order valence-electron chi connectivity index (χ0n) is 7.77. The van der Waals surface area contributed by atoms with E-state index in [9.17, 15) is 18.0 Å². The van der Waals surface area contributed by atoms with E-state index in [1.54, 1.807) is 12.1 Å². The predicted molar refractivity (Wildman–Crippen MR) is 49.4 cm³/mol. The quantitative estimate of drug-likeness (QED) is 0.556. The molecule has 0 N–H and O–H groups in total. The number of alkyl halides is 3. The second-order valence-corrected chi connectivity index (χ2v) is 3.00. The monoisotopic (exact) mass is 213 g/mol. The molecule has 0 aliphatic heterocycles. The SMILES string of the molecule is C=C(CC(F)(F)F)C(=O)c1[c]cccc1. The van der Waals surface area contributed by atoms with Crippen molar-refractivity contribution in [2.75, 3.05) is 0 Å². The number of halogens is 3. The Bertz CT molecular complexity index is 365. The van der Waals surface area contributed by atoms with Crippen molar-refractivity contribution in [1.29, 1.82) is 0 Å². The number of hydrogen-bond donors (Lipinski definition) is 0. The summed E-state index contributed by atoms with van der Waals surface area (Å²) in [5.41, 5.74) is -0.364. The van der Waals surface area contributed by atoms with Crippen LogP contribution in [0, 0.1) is 6.07 Å². The van der Waals surface area contributed by atoms with Crippen LogP contribution < -0.4 is 0 Å². The molecule has 0 atom stereocenters. The smallest absolute Gasteiger partial charge is 0.289 e. The van der Waals surface area contributed by atoms with Crippen LogP contribution in [-0.4, -0.2) is 12.0 Å². The molecule has 1 rings (SSSR count). The molecule has 79 valence electrons. The van der Waals surface area contributed by atoms with Gasteiger partial charge in [0.05, 0.1) is 6.42 Å². The summed E-state index contributed by atoms with van der Waals surface area (Å²) in [5.74, 6) is -0.715. The molecular formula is C11H8F3O. The van der Waals surface area contributed by atoms with Crippen molar-refractivity contribution in [2.45, 2.75) is 12.6 Å². The highest BCUT2D eigenvalue weighted by atomic mass is 19.4. The van der Waals surface area contributed by atoms with Crippen molar-refractivity contribution in [1.82, 2.24) is 0 Å². The zero-order chi connectivity index (χ0) is 11.5. The molecule has 0 fully saturated rings. The molecule has 0 heterocycles. The van der Waals surface area contributed by atoms with Crippen LogP contribution >= 0.6 is 0 Å². The summed E-state index contributed by atoms with van der Waals surface area (Å²) in [4.78, 5) is 11.4. The summed E-state index contributed by atoms with van der Waals surface area (Å²) in [7, 11) is 0. The molecule has 0 aliphatic carbocycles. The number of benzene rings is 1. The van der Waals surface area contributed by atoms with E-state index in [-0.39, 0.29) is 5.56 Å². The van der Waals surface area contributed by atoms with Crippen molar-refractivity contribution in [2.24, 2.45) is 0 Å². The lowest BCUT2D eigenvalue weighted by Crippen LogP contribution is -2.13. The van der Waals surface area contributed by atoms with E-state index in [1.807, 2.05) is 0 Å². The Labute approximate surface area is 85.2 Å². The van der Waals surface area contributed by atoms with Crippen LogP contribution in [0.2, 0.25) is 0 Å². The van der Waals surface area contributed by atoms with Gasteiger partial charge in [-0.15, -0.1) is 0 Å². The van der Waals surface area contributed by atoms with Crippen molar-refractivity contribution < 1.29 is 18.0 Å². The Morgan fingerprint density at radius 2 is 2.07 bits per heavy atom. The normalized spacial score (nSPS) is 11.1. The Kier molecular flexibility index (Phi) is 3.29. The number of carbonyl (C=O) groups excluding carboxylic acids is 1. The minimum Gasteiger partial charge on any atom is -0.289 e. The van der Waals surface area contributed by atoms with E-state index in [2.05, 4.69) is 12.6 Å². The average Bonchev–Trinajstić information content (AvgIpc) is 2.15. The van der Waals surface area contributed by atoms with Crippen LogP contribution in [0.4, 0.5) is 13.2 Å². The van der Waals surface area contributed by atoms with Gasteiger partial charge in [0.1, 0.15) is 0 Å². The minimum absolute atomic E-state index is 0.103. The molecule has 1 aromatic rings. The second kappa shape index (κ2) is 4.29. The molecule has 0 aromatic heterocycles. The van der Waals surface area contributed by atoms with Gasteiger partial charge in [-0.2, -0.15) is 13.2 Å². The zero-order valence-corrected chi connectivity index (χ0v) is 7.77. The van der Waals surface area contributed by atoms with Gasteiger partial charge in [-0.3, -0.25) is 4.79 Å². The summed E-state index contributed by atoms with van der Waals surface area (Å²) >= 11 is 0. The molecule has 4 heteroatoms. The third-order valence-electron chi connectivity index (χ3n) is 1.69. The van der Waals surface area contributed by atoms with Crippen LogP contribution in [0.25, 0.3) is 0 Å². The van der Waals surface area contributed by atoms with Crippen molar-refractivity contribution in [3.8, 4) is 0 Å². The van der Waals surface area contributed by atoms with Crippen LogP contribution in [-0.2, 0) is 0 Å². The van der Waals surface area contributed by atoms with E-state index < -0.39 is 24.0 Å². The van der Waals surface area contributed by atoms with Crippen molar-refractivity contribution >= 4 is 5.78 Å². The fraction of sp³-hybridized carbons (Fsp3) is 0.182. The molecule has 15 heavy (non-hydrogen) atoms. The molecule has 0 unspecified atom stereocenters. The average molecular weight is 213 g/mol. The Balaban J connectivity index is 2.75. The molecule has 1 radical (unpaired) electrons. The van der Waals surface area contributed by atoms with E-state index in [1.165, 1.54) is 12.1 Å². The first-order valence-corrected chi connectivity index (χ1v) is 4.16. The highest BCUT2D eigenvalue weighted by molar-refractivity contribution is 6.08. The van der Waals surface area contributed by atoms with Crippen molar-refractivity contribution in [3.63, 3.8) is 0 Å². The maximum Gasteiger partial charge on any atom is 0.393 e. The molecule has 0 saturated heterocycles. The van der Waals surface area contributed by atoms with Gasteiger partial charge in [-0.25, -0.2) is 0 Å². The Hall–Kier alpha value is -1.58. The lowest BCUT2D eigenvalue weighted by Gasteiger charge is -2.07. The van der Waals surface area contributed by atoms with Gasteiger partial charge in [-0.05, 0) is 6.07 Å². The van der Waals surface area contributed by atoms with Crippen LogP contribution in [0.1, 0.15) is 16.8 Å². The molecule has 1 aromatic carbocycles. The molecule has 0 spiro atoms. The second-order valence-electron chi connectivity index (χ2n) is 3.00. The lowest BCUT2D eigenvalue weighted by molar-refractivity contribution is -0.126. The van der Waals surface area contributed by atoms with Crippen LogP contribution in [0.3, 0.4) is 0 Å². The summed E-state index contributed by atoms with van der Waals surface area (Å²) in [6, 6.07) is 8.62. The van der Waals surface area contributed by atoms with E-state index in [0.29, 0.717) is 0 Å². The van der Waals surface area contributed by atoms with E-state index in [0.717, 1.165) is 0 Å². The number of carbonyl (C=O) groups is 1. The predicted octanol–water partition coefficient (Wildman–Crippen LogP) is 3.18. The summed E-state index contributed by atoms with van der Waals surface area (Å²) in [5, 5.41) is 0. The fourth-order valence-corrected chi connectivity index (χ4v) is 1.05. The van der Waals surface area contributed by atoms with Gasteiger partial charge in [-0.1, -0.05) is 30.8 Å². The standard InChI is InChI=1S/C11H8F3O/c1-8(7-11(12,13)14)10(15)9-5-3-2-4-6-9/h2-5H,1,7H2. The lowest BCUT2D eigenvalue weighted by atomic mass is 10.0. The number of ketones is 1. The highest BCUT2D eigenvalue weighted by Crippen LogP contribution is 2.25. The summed E-state index contributed by atoms with van der Waals surface area (Å²) in [6.45, 7) is 3.13. The van der Waals surface area contributed by atoms with Gasteiger partial charge in [0.25, 0.3) is 0 Å². The largest absolute Gasteiger partial charge is 0.393 e. The maximum atomic E-state index is 12.0. The molecular weight excluding hydrogens is 205 g/mol. The first kappa shape index (κ1) is 11.5. The first-order chi connectivity index (χ1) is 6.90.